The smallest absolute Gasteiger partial charge is 0.303 e. The van der Waals surface area contributed by atoms with Gasteiger partial charge in [0.1, 0.15) is 30.3 Å². The third-order valence-electron chi connectivity index (χ3n) is 5.57. The Morgan fingerprint density at radius 3 is 2.21 bits per heavy atom. The number of esters is 3. The van der Waals surface area contributed by atoms with Crippen LogP contribution in [-0.4, -0.2) is 78.7 Å². The molecule has 1 aliphatic heterocycles. The fourth-order valence-corrected chi connectivity index (χ4v) is 4.05. The number of aliphatic hydroxyl groups is 1. The molecule has 2 N–H and O–H groups in total. The Morgan fingerprint density at radius 1 is 0.974 bits per heavy atom. The second-order valence-electron chi connectivity index (χ2n) is 8.66. The molecular formula is C26H33NO11. The number of ether oxygens (including phenoxy) is 7. The van der Waals surface area contributed by atoms with Crippen LogP contribution in [0.5, 0.6) is 11.5 Å². The second-order valence-corrected chi connectivity index (χ2v) is 8.66. The molecule has 208 valence electrons. The number of aromatic amines is 1. The van der Waals surface area contributed by atoms with Crippen LogP contribution in [-0.2, 0) is 44.5 Å². The van der Waals surface area contributed by atoms with E-state index in [2.05, 4.69) is 4.98 Å². The van der Waals surface area contributed by atoms with E-state index >= 15 is 0 Å². The van der Waals surface area contributed by atoms with Crippen LogP contribution in [0.4, 0.5) is 0 Å². The molecule has 2 heterocycles. The predicted octanol–water partition coefficient (Wildman–Crippen LogP) is 1.87. The first-order chi connectivity index (χ1) is 18.1. The van der Waals surface area contributed by atoms with Gasteiger partial charge in [0, 0.05) is 33.4 Å². The van der Waals surface area contributed by atoms with Gasteiger partial charge < -0.3 is 43.2 Å². The zero-order valence-electron chi connectivity index (χ0n) is 21.9. The molecule has 0 spiro atoms. The van der Waals surface area contributed by atoms with E-state index in [0.29, 0.717) is 17.9 Å². The van der Waals surface area contributed by atoms with Gasteiger partial charge in [0.15, 0.2) is 12.4 Å². The van der Waals surface area contributed by atoms with Crippen LogP contribution in [0, 0.1) is 0 Å². The third kappa shape index (κ3) is 7.94. The summed E-state index contributed by atoms with van der Waals surface area (Å²) in [4.78, 5) is 38.7. The number of H-pyrrole nitrogens is 1. The van der Waals surface area contributed by atoms with Crippen LogP contribution in [0.3, 0.4) is 0 Å². The van der Waals surface area contributed by atoms with Crippen LogP contribution in [0.1, 0.15) is 39.0 Å². The molecule has 1 saturated heterocycles. The maximum Gasteiger partial charge on any atom is 0.303 e. The minimum absolute atomic E-state index is 0.303. The number of aromatic nitrogens is 1. The molecule has 6 atom stereocenters. The summed E-state index contributed by atoms with van der Waals surface area (Å²) in [5.41, 5.74) is 1.67. The first kappa shape index (κ1) is 29.0. The van der Waals surface area contributed by atoms with Crippen molar-refractivity contribution < 1.29 is 52.6 Å². The first-order valence-electron chi connectivity index (χ1n) is 12.0. The largest absolute Gasteiger partial charge is 0.497 e. The number of hydrogen-bond acceptors (Lipinski definition) is 11. The van der Waals surface area contributed by atoms with E-state index < -0.39 is 54.9 Å². The maximum atomic E-state index is 12.0. The van der Waals surface area contributed by atoms with Gasteiger partial charge in [-0.05, 0) is 30.7 Å². The Kier molecular flexibility index (Phi) is 10.1. The fraction of sp³-hybridized carbons (Fsp3) is 0.500. The molecule has 1 fully saturated rings. The number of hydrogen-bond donors (Lipinski definition) is 2. The van der Waals surface area contributed by atoms with Gasteiger partial charge >= 0.3 is 17.9 Å². The van der Waals surface area contributed by atoms with Gasteiger partial charge in [-0.2, -0.15) is 0 Å². The zero-order valence-corrected chi connectivity index (χ0v) is 21.9. The number of carbonyl (C=O) groups excluding carboxylic acids is 3. The molecule has 1 aromatic carbocycles. The summed E-state index contributed by atoms with van der Waals surface area (Å²) in [6.45, 7) is 4.63. The molecule has 6 unspecified atom stereocenters. The van der Waals surface area contributed by atoms with Gasteiger partial charge in [0.2, 0.25) is 12.4 Å². The fourth-order valence-electron chi connectivity index (χ4n) is 4.05. The highest BCUT2D eigenvalue weighted by Crippen LogP contribution is 2.32. The molecular weight excluding hydrogens is 502 g/mol. The van der Waals surface area contributed by atoms with Crippen molar-refractivity contribution >= 4 is 17.9 Å². The van der Waals surface area contributed by atoms with Crippen molar-refractivity contribution in [3.63, 3.8) is 0 Å². The highest BCUT2D eigenvalue weighted by atomic mass is 16.7. The summed E-state index contributed by atoms with van der Waals surface area (Å²) in [5, 5.41) is 9.93. The van der Waals surface area contributed by atoms with Gasteiger partial charge in [-0.25, -0.2) is 0 Å². The number of aliphatic hydroxyl groups excluding tert-OH is 1. The molecule has 12 nitrogen and oxygen atoms in total. The molecule has 2 aromatic rings. The van der Waals surface area contributed by atoms with Crippen molar-refractivity contribution in [3.8, 4) is 11.5 Å². The SMILES string of the molecule is COc1ccc(Cc2[nH]ccc2OC2OC(COC(C)=O)C(OC(C)O)C(OC(C)=O)C2OC(C)=O)cc1. The number of rotatable bonds is 11. The summed E-state index contributed by atoms with van der Waals surface area (Å²) >= 11 is 0. The monoisotopic (exact) mass is 535 g/mol. The Balaban J connectivity index is 1.92. The summed E-state index contributed by atoms with van der Waals surface area (Å²) in [6, 6.07) is 9.17. The molecule has 3 rings (SSSR count). The lowest BCUT2D eigenvalue weighted by Crippen LogP contribution is -2.63. The Bertz CT molecular complexity index is 1080. The number of methoxy groups -OCH3 is 1. The summed E-state index contributed by atoms with van der Waals surface area (Å²) in [7, 11) is 1.59. The maximum absolute atomic E-state index is 12.0. The molecule has 1 aromatic heterocycles. The summed E-state index contributed by atoms with van der Waals surface area (Å²) in [6.07, 6.45) is -5.19. The van der Waals surface area contributed by atoms with Gasteiger partial charge in [0.25, 0.3) is 0 Å². The van der Waals surface area contributed by atoms with E-state index in [0.717, 1.165) is 11.3 Å². The van der Waals surface area contributed by atoms with Crippen molar-refractivity contribution in [2.24, 2.45) is 0 Å². The van der Waals surface area contributed by atoms with Gasteiger partial charge in [-0.3, -0.25) is 14.4 Å². The average Bonchev–Trinajstić information content (AvgIpc) is 3.27. The van der Waals surface area contributed by atoms with Crippen molar-refractivity contribution in [3.05, 3.63) is 47.8 Å². The van der Waals surface area contributed by atoms with Crippen LogP contribution >= 0.6 is 0 Å². The molecule has 12 heteroatoms. The van der Waals surface area contributed by atoms with E-state index in [1.165, 1.54) is 27.7 Å². The lowest BCUT2D eigenvalue weighted by atomic mass is 9.98. The topological polar surface area (TPSA) is 152 Å². The van der Waals surface area contributed by atoms with Gasteiger partial charge in [0.05, 0.1) is 12.8 Å². The zero-order chi connectivity index (χ0) is 27.8. The Morgan fingerprint density at radius 2 is 1.63 bits per heavy atom. The third-order valence-corrected chi connectivity index (χ3v) is 5.57. The minimum atomic E-state index is -1.31. The quantitative estimate of drug-likeness (QED) is 0.246. The Labute approximate surface area is 220 Å². The van der Waals surface area contributed by atoms with Crippen molar-refractivity contribution in [1.82, 2.24) is 4.98 Å². The molecule has 0 bridgehead atoms. The lowest BCUT2D eigenvalue weighted by Gasteiger charge is -2.44. The van der Waals surface area contributed by atoms with Crippen LogP contribution in [0.2, 0.25) is 0 Å². The molecule has 0 saturated carbocycles. The predicted molar refractivity (Wildman–Crippen MR) is 130 cm³/mol. The van der Waals surface area contributed by atoms with E-state index in [4.69, 9.17) is 33.2 Å². The van der Waals surface area contributed by atoms with Gasteiger partial charge in [-0.1, -0.05) is 12.1 Å². The standard InChI is InChI=1S/C26H33NO11/c1-14(28)33-13-22-23(34-15(2)29)24(35-16(3)30)25(36-17(4)31)26(38-22)37-21-10-11-27-20(21)12-18-6-8-19(32-5)9-7-18/h6-11,15,22-27,29H,12-13H2,1-5H3. The summed E-state index contributed by atoms with van der Waals surface area (Å²) < 4.78 is 39.1. The molecule has 38 heavy (non-hydrogen) atoms. The lowest BCUT2D eigenvalue weighted by molar-refractivity contribution is -0.309. The highest BCUT2D eigenvalue weighted by Gasteiger charge is 2.52. The van der Waals surface area contributed by atoms with E-state index in [9.17, 15) is 19.5 Å². The normalized spacial score (nSPS) is 23.7. The van der Waals surface area contributed by atoms with Crippen LogP contribution < -0.4 is 9.47 Å². The average molecular weight is 536 g/mol. The molecule has 0 amide bonds. The van der Waals surface area contributed by atoms with Crippen LogP contribution in [0.15, 0.2) is 36.5 Å². The van der Waals surface area contributed by atoms with E-state index in [1.54, 1.807) is 19.4 Å². The molecule has 1 aliphatic rings. The van der Waals surface area contributed by atoms with Crippen molar-refractivity contribution in [2.75, 3.05) is 13.7 Å². The number of nitrogens with one attached hydrogen (secondary N) is 1. The second kappa shape index (κ2) is 13.3. The summed E-state index contributed by atoms with van der Waals surface area (Å²) in [5.74, 6) is -0.849. The molecule has 0 aliphatic carbocycles. The van der Waals surface area contributed by atoms with Crippen LogP contribution in [0.25, 0.3) is 0 Å². The highest BCUT2D eigenvalue weighted by molar-refractivity contribution is 5.67. The van der Waals surface area contributed by atoms with E-state index in [1.807, 2.05) is 24.3 Å². The Hall–Kier alpha value is -3.61. The molecule has 0 radical (unpaired) electrons. The van der Waals surface area contributed by atoms with Gasteiger partial charge in [-0.15, -0.1) is 0 Å². The minimum Gasteiger partial charge on any atom is -0.497 e. The first-order valence-corrected chi connectivity index (χ1v) is 12.0. The van der Waals surface area contributed by atoms with E-state index in [-0.39, 0.29) is 6.61 Å². The number of carbonyl (C=O) groups is 3. The number of benzene rings is 1. The van der Waals surface area contributed by atoms with Crippen molar-refractivity contribution in [1.29, 1.82) is 0 Å². The van der Waals surface area contributed by atoms with Crippen molar-refractivity contribution in [2.45, 2.75) is 71.1 Å².